The first-order chi connectivity index (χ1) is 17.9. The number of anilines is 1. The molecule has 5 aromatic rings. The molecule has 5 rings (SSSR count). The van der Waals surface area contributed by atoms with Crippen LogP contribution >= 0.6 is 0 Å². The van der Waals surface area contributed by atoms with E-state index in [2.05, 4.69) is 25.5 Å². The molecule has 0 bridgehead atoms. The third-order valence-electron chi connectivity index (χ3n) is 5.78. The van der Waals surface area contributed by atoms with E-state index in [1.54, 1.807) is 36.4 Å². The number of hydrogen-bond donors (Lipinski definition) is 3. The number of carbonyl (C=O) groups is 1. The van der Waals surface area contributed by atoms with Crippen molar-refractivity contribution < 1.29 is 23.0 Å². The maximum atomic E-state index is 15.1. The third kappa shape index (κ3) is 5.02. The van der Waals surface area contributed by atoms with Gasteiger partial charge >= 0.3 is 6.09 Å². The second kappa shape index (κ2) is 10.2. The zero-order valence-electron chi connectivity index (χ0n) is 19.6. The highest BCUT2D eigenvalue weighted by Gasteiger charge is 2.16. The number of hydrogen-bond acceptors (Lipinski definition) is 6. The highest BCUT2D eigenvalue weighted by molar-refractivity contribution is 5.88. The molecule has 9 nitrogen and oxygen atoms in total. The zero-order chi connectivity index (χ0) is 25.9. The highest BCUT2D eigenvalue weighted by Crippen LogP contribution is 2.31. The van der Waals surface area contributed by atoms with Gasteiger partial charge in [0.05, 0.1) is 28.7 Å². The standard InChI is InChI=1S/C26H21F2N5O4/c1-36-8-9-37-26(35)31-25-29-22-12-18(20(28)13-23(22)30-25)17-10-14(6-7-19(17)27)11-21-15-4-2-3-5-16(15)24(34)33-32-21/h2-7,10,12-13H,8-9,11H2,1H3,(H,33,34)(H2,29,30,31,35). The topological polar surface area (TPSA) is 122 Å². The van der Waals surface area contributed by atoms with Gasteiger partial charge < -0.3 is 14.5 Å². The predicted octanol–water partition coefficient (Wildman–Crippen LogP) is 4.53. The Kier molecular flexibility index (Phi) is 6.60. The molecule has 0 spiro atoms. The lowest BCUT2D eigenvalue weighted by atomic mass is 9.98. The number of methoxy groups -OCH3 is 1. The summed E-state index contributed by atoms with van der Waals surface area (Å²) >= 11 is 0. The Bertz CT molecular complexity index is 1680. The van der Waals surface area contributed by atoms with Gasteiger partial charge in [-0.25, -0.2) is 23.7 Å². The number of H-pyrrole nitrogens is 2. The molecule has 1 amide bonds. The number of nitrogens with zero attached hydrogens (tertiary/aromatic N) is 2. The number of ether oxygens (including phenoxy) is 2. The molecule has 0 radical (unpaired) electrons. The first kappa shape index (κ1) is 24.1. The first-order valence-electron chi connectivity index (χ1n) is 11.3. The molecule has 2 heterocycles. The lowest BCUT2D eigenvalue weighted by molar-refractivity contribution is 0.107. The summed E-state index contributed by atoms with van der Waals surface area (Å²) in [5, 5.41) is 10.2. The number of amides is 1. The molecule has 0 saturated carbocycles. The van der Waals surface area contributed by atoms with Crippen LogP contribution in [0.25, 0.3) is 32.9 Å². The summed E-state index contributed by atoms with van der Waals surface area (Å²) in [6, 6.07) is 14.0. The van der Waals surface area contributed by atoms with Crippen molar-refractivity contribution in [3.8, 4) is 11.1 Å². The van der Waals surface area contributed by atoms with Crippen molar-refractivity contribution in [2.24, 2.45) is 0 Å². The van der Waals surface area contributed by atoms with Crippen LogP contribution in [0.3, 0.4) is 0 Å². The predicted molar refractivity (Wildman–Crippen MR) is 133 cm³/mol. The van der Waals surface area contributed by atoms with Gasteiger partial charge in [-0.05, 0) is 29.8 Å². The summed E-state index contributed by atoms with van der Waals surface area (Å²) in [7, 11) is 1.48. The molecule has 188 valence electrons. The van der Waals surface area contributed by atoms with E-state index in [4.69, 9.17) is 9.47 Å². The Morgan fingerprint density at radius 2 is 1.78 bits per heavy atom. The fourth-order valence-corrected chi connectivity index (χ4v) is 4.03. The number of imidazole rings is 1. The van der Waals surface area contributed by atoms with E-state index in [1.165, 1.54) is 25.3 Å². The smallest absolute Gasteiger partial charge is 0.414 e. The Balaban J connectivity index is 1.45. The molecule has 0 fully saturated rings. The number of aromatic amines is 2. The molecule has 0 unspecified atom stereocenters. The van der Waals surface area contributed by atoms with Crippen molar-refractivity contribution in [1.29, 1.82) is 0 Å². The average Bonchev–Trinajstić information content (AvgIpc) is 3.27. The van der Waals surface area contributed by atoms with E-state index in [9.17, 15) is 14.0 Å². The number of halogens is 2. The van der Waals surface area contributed by atoms with Gasteiger partial charge in [-0.2, -0.15) is 5.10 Å². The van der Waals surface area contributed by atoms with Crippen LogP contribution in [0.15, 0.2) is 59.4 Å². The van der Waals surface area contributed by atoms with Gasteiger partial charge in [0.15, 0.2) is 0 Å². The number of fused-ring (bicyclic) bond motifs is 2. The van der Waals surface area contributed by atoms with Crippen LogP contribution in [0.1, 0.15) is 11.3 Å². The van der Waals surface area contributed by atoms with Crippen molar-refractivity contribution in [2.45, 2.75) is 6.42 Å². The zero-order valence-corrected chi connectivity index (χ0v) is 19.6. The summed E-state index contributed by atoms with van der Waals surface area (Å²) in [5.74, 6) is -1.23. The second-order valence-corrected chi connectivity index (χ2v) is 8.22. The number of carbonyl (C=O) groups excluding carboxylic acids is 1. The number of rotatable bonds is 7. The summed E-state index contributed by atoms with van der Waals surface area (Å²) in [5.41, 5.74) is 1.66. The molecular formula is C26H21F2N5O4. The van der Waals surface area contributed by atoms with E-state index >= 15 is 4.39 Å². The fraction of sp³-hybridized carbons (Fsp3) is 0.154. The van der Waals surface area contributed by atoms with Crippen molar-refractivity contribution >= 4 is 33.8 Å². The fourth-order valence-electron chi connectivity index (χ4n) is 4.03. The van der Waals surface area contributed by atoms with Crippen LogP contribution in [0, 0.1) is 11.6 Å². The van der Waals surface area contributed by atoms with Crippen molar-refractivity contribution in [3.05, 3.63) is 87.8 Å². The Hall–Kier alpha value is -4.64. The maximum absolute atomic E-state index is 15.1. The van der Waals surface area contributed by atoms with E-state index in [0.29, 0.717) is 33.1 Å². The highest BCUT2D eigenvalue weighted by atomic mass is 19.1. The molecule has 3 N–H and O–H groups in total. The Morgan fingerprint density at radius 3 is 2.59 bits per heavy atom. The van der Waals surface area contributed by atoms with Gasteiger partial charge in [0.2, 0.25) is 5.95 Å². The van der Waals surface area contributed by atoms with Gasteiger partial charge in [0.25, 0.3) is 5.56 Å². The van der Waals surface area contributed by atoms with E-state index in [-0.39, 0.29) is 42.3 Å². The van der Waals surface area contributed by atoms with Gasteiger partial charge in [0, 0.05) is 36.1 Å². The van der Waals surface area contributed by atoms with E-state index < -0.39 is 17.7 Å². The van der Waals surface area contributed by atoms with E-state index in [1.807, 2.05) is 0 Å². The minimum atomic E-state index is -0.751. The minimum Gasteiger partial charge on any atom is -0.447 e. The normalized spacial score (nSPS) is 11.2. The number of aromatic nitrogens is 4. The Morgan fingerprint density at radius 1 is 1.00 bits per heavy atom. The largest absolute Gasteiger partial charge is 0.447 e. The van der Waals surface area contributed by atoms with Crippen LogP contribution in [0.4, 0.5) is 19.5 Å². The van der Waals surface area contributed by atoms with Crippen molar-refractivity contribution in [2.75, 3.05) is 25.6 Å². The minimum absolute atomic E-state index is 0.00635. The van der Waals surface area contributed by atoms with Gasteiger partial charge in [-0.3, -0.25) is 10.1 Å². The molecule has 0 saturated heterocycles. The molecule has 0 aliphatic carbocycles. The lowest BCUT2D eigenvalue weighted by Crippen LogP contribution is -2.17. The summed E-state index contributed by atoms with van der Waals surface area (Å²) in [6.45, 7) is 0.294. The van der Waals surface area contributed by atoms with Crippen LogP contribution in [-0.4, -0.2) is 46.6 Å². The van der Waals surface area contributed by atoms with Crippen LogP contribution in [-0.2, 0) is 15.9 Å². The number of nitrogens with one attached hydrogen (secondary N) is 3. The molecule has 0 aliphatic rings. The number of benzene rings is 3. The quantitative estimate of drug-likeness (QED) is 0.280. The summed E-state index contributed by atoms with van der Waals surface area (Å²) < 4.78 is 39.7. The van der Waals surface area contributed by atoms with Crippen LogP contribution in [0.5, 0.6) is 0 Å². The van der Waals surface area contributed by atoms with Crippen LogP contribution in [0.2, 0.25) is 0 Å². The average molecular weight is 505 g/mol. The van der Waals surface area contributed by atoms with Gasteiger partial charge in [-0.1, -0.05) is 24.3 Å². The third-order valence-corrected chi connectivity index (χ3v) is 5.78. The molecule has 0 atom stereocenters. The molecule has 37 heavy (non-hydrogen) atoms. The van der Waals surface area contributed by atoms with Gasteiger partial charge in [-0.15, -0.1) is 0 Å². The SMILES string of the molecule is COCCOC(=O)Nc1nc2cc(-c3cc(Cc4n[nH]c(=O)c5ccccc45)ccc3F)c(F)cc2[nH]1. The Labute approximate surface area is 208 Å². The molecule has 11 heteroatoms. The summed E-state index contributed by atoms with van der Waals surface area (Å²) in [6.07, 6.45) is -0.463. The lowest BCUT2D eigenvalue weighted by Gasteiger charge is -2.09. The molecule has 0 aliphatic heterocycles. The van der Waals surface area contributed by atoms with Crippen LogP contribution < -0.4 is 10.9 Å². The molecule has 2 aromatic heterocycles. The first-order valence-corrected chi connectivity index (χ1v) is 11.3. The molecular weight excluding hydrogens is 484 g/mol. The van der Waals surface area contributed by atoms with E-state index in [0.717, 1.165) is 0 Å². The maximum Gasteiger partial charge on any atom is 0.414 e. The molecule has 3 aromatic carbocycles. The second-order valence-electron chi connectivity index (χ2n) is 8.22. The van der Waals surface area contributed by atoms with Crippen molar-refractivity contribution in [1.82, 2.24) is 20.2 Å². The van der Waals surface area contributed by atoms with Gasteiger partial charge in [0.1, 0.15) is 18.2 Å². The summed E-state index contributed by atoms with van der Waals surface area (Å²) in [4.78, 5) is 31.0. The monoisotopic (exact) mass is 505 g/mol. The van der Waals surface area contributed by atoms with Crippen molar-refractivity contribution in [3.63, 3.8) is 0 Å².